The molecular weight excluding hydrogens is 484 g/mol. The summed E-state index contributed by atoms with van der Waals surface area (Å²) >= 11 is 3.35. The van der Waals surface area contributed by atoms with Gasteiger partial charge in [-0.1, -0.05) is 54.6 Å². The largest absolute Gasteiger partial charge is 0.465 e. The van der Waals surface area contributed by atoms with Crippen LogP contribution in [0.5, 0.6) is 0 Å². The molecule has 3 aromatic rings. The highest BCUT2D eigenvalue weighted by Gasteiger charge is 2.16. The number of hydrogen-bond donors (Lipinski definition) is 2. The predicted octanol–water partition coefficient (Wildman–Crippen LogP) is 5.20. The molecule has 0 saturated carbocycles. The molecule has 7 heteroatoms. The number of benzene rings is 3. The summed E-state index contributed by atoms with van der Waals surface area (Å²) in [4.78, 5) is 37.3. The average molecular weight is 505 g/mol. The number of hydrogen-bond acceptors (Lipinski definition) is 4. The highest BCUT2D eigenvalue weighted by Crippen LogP contribution is 2.17. The van der Waals surface area contributed by atoms with Crippen LogP contribution in [0.25, 0.3) is 6.08 Å². The molecule has 0 spiro atoms. The second-order valence-electron chi connectivity index (χ2n) is 6.81. The smallest absolute Gasteiger partial charge is 0.337 e. The monoisotopic (exact) mass is 504 g/mol. The second kappa shape index (κ2) is 11.6. The van der Waals surface area contributed by atoms with Crippen LogP contribution in [0.2, 0.25) is 0 Å². The summed E-state index contributed by atoms with van der Waals surface area (Å²) in [5.74, 6) is -1.42. The maximum Gasteiger partial charge on any atom is 0.337 e. The number of amides is 2. The quantitative estimate of drug-likeness (QED) is 0.263. The van der Waals surface area contributed by atoms with Crippen molar-refractivity contribution in [3.8, 4) is 0 Å². The fourth-order valence-electron chi connectivity index (χ4n) is 2.83. The molecule has 0 radical (unpaired) electrons. The van der Waals surface area contributed by atoms with E-state index < -0.39 is 17.8 Å². The van der Waals surface area contributed by atoms with Crippen LogP contribution >= 0.6 is 15.9 Å². The molecule has 0 fully saturated rings. The van der Waals surface area contributed by atoms with Gasteiger partial charge in [-0.3, -0.25) is 9.59 Å². The molecule has 6 nitrogen and oxygen atoms in total. The van der Waals surface area contributed by atoms with Crippen molar-refractivity contribution < 1.29 is 19.1 Å². The second-order valence-corrected chi connectivity index (χ2v) is 7.66. The molecular formula is C26H21BrN2O4. The van der Waals surface area contributed by atoms with E-state index in [4.69, 9.17) is 0 Å². The van der Waals surface area contributed by atoms with Crippen LogP contribution in [0.3, 0.4) is 0 Å². The van der Waals surface area contributed by atoms with Gasteiger partial charge in [-0.25, -0.2) is 4.79 Å². The summed E-state index contributed by atoms with van der Waals surface area (Å²) in [6.45, 7) is 0. The number of anilines is 1. The molecule has 166 valence electrons. The number of esters is 1. The minimum atomic E-state index is -0.515. The van der Waals surface area contributed by atoms with E-state index in [-0.39, 0.29) is 5.70 Å². The Morgan fingerprint density at radius 2 is 1.55 bits per heavy atom. The number of methoxy groups -OCH3 is 1. The van der Waals surface area contributed by atoms with Crippen molar-refractivity contribution in [3.05, 3.63) is 118 Å². The Hall–Kier alpha value is -3.97. The van der Waals surface area contributed by atoms with Crippen LogP contribution in [-0.4, -0.2) is 24.9 Å². The van der Waals surface area contributed by atoms with Crippen LogP contribution in [0.4, 0.5) is 5.69 Å². The Morgan fingerprint density at radius 1 is 0.879 bits per heavy atom. The van der Waals surface area contributed by atoms with Crippen molar-refractivity contribution in [2.75, 3.05) is 12.4 Å². The van der Waals surface area contributed by atoms with Gasteiger partial charge < -0.3 is 15.4 Å². The van der Waals surface area contributed by atoms with Gasteiger partial charge in [-0.15, -0.1) is 0 Å². The van der Waals surface area contributed by atoms with E-state index in [1.54, 1.807) is 54.6 Å². The third-order valence-corrected chi connectivity index (χ3v) is 5.22. The summed E-state index contributed by atoms with van der Waals surface area (Å²) in [6, 6.07) is 22.7. The van der Waals surface area contributed by atoms with Crippen molar-refractivity contribution >= 4 is 45.5 Å². The number of carbonyl (C=O) groups is 3. The lowest BCUT2D eigenvalue weighted by molar-refractivity contribution is -0.113. The van der Waals surface area contributed by atoms with Gasteiger partial charge in [-0.2, -0.15) is 0 Å². The van der Waals surface area contributed by atoms with E-state index in [1.165, 1.54) is 13.2 Å². The Bertz CT molecular complexity index is 1200. The molecule has 3 rings (SSSR count). The van der Waals surface area contributed by atoms with Gasteiger partial charge in [0.05, 0.1) is 18.2 Å². The van der Waals surface area contributed by atoms with Crippen molar-refractivity contribution in [3.63, 3.8) is 0 Å². The zero-order valence-electron chi connectivity index (χ0n) is 17.7. The number of ether oxygens (including phenoxy) is 1. The first-order chi connectivity index (χ1) is 16.0. The van der Waals surface area contributed by atoms with Gasteiger partial charge >= 0.3 is 5.97 Å². The highest BCUT2D eigenvalue weighted by atomic mass is 79.9. The molecule has 0 saturated heterocycles. The van der Waals surface area contributed by atoms with Gasteiger partial charge in [0.1, 0.15) is 5.70 Å². The lowest BCUT2D eigenvalue weighted by atomic mass is 10.2. The van der Waals surface area contributed by atoms with Gasteiger partial charge in [0.25, 0.3) is 11.8 Å². The van der Waals surface area contributed by atoms with Crippen molar-refractivity contribution in [1.29, 1.82) is 0 Å². The first-order valence-corrected chi connectivity index (χ1v) is 10.8. The van der Waals surface area contributed by atoms with Crippen molar-refractivity contribution in [2.45, 2.75) is 0 Å². The lowest BCUT2D eigenvalue weighted by Gasteiger charge is -2.11. The molecule has 0 aliphatic rings. The highest BCUT2D eigenvalue weighted by molar-refractivity contribution is 9.10. The number of carbonyl (C=O) groups excluding carboxylic acids is 3. The van der Waals surface area contributed by atoms with E-state index in [0.717, 1.165) is 5.56 Å². The topological polar surface area (TPSA) is 84.5 Å². The summed E-state index contributed by atoms with van der Waals surface area (Å²) < 4.78 is 5.29. The van der Waals surface area contributed by atoms with Crippen LogP contribution in [0.1, 0.15) is 26.3 Å². The van der Waals surface area contributed by atoms with Crippen molar-refractivity contribution in [2.24, 2.45) is 0 Å². The van der Waals surface area contributed by atoms with Crippen LogP contribution in [0.15, 0.2) is 101 Å². The van der Waals surface area contributed by atoms with Gasteiger partial charge in [0.2, 0.25) is 0 Å². The van der Waals surface area contributed by atoms with E-state index in [9.17, 15) is 14.4 Å². The Labute approximate surface area is 200 Å². The molecule has 3 aromatic carbocycles. The minimum Gasteiger partial charge on any atom is -0.465 e. The predicted molar refractivity (Wildman–Crippen MR) is 132 cm³/mol. The maximum absolute atomic E-state index is 13.0. The lowest BCUT2D eigenvalue weighted by Crippen LogP contribution is -2.31. The van der Waals surface area contributed by atoms with Gasteiger partial charge in [0, 0.05) is 10.2 Å². The third-order valence-electron chi connectivity index (χ3n) is 4.53. The van der Waals surface area contributed by atoms with Crippen molar-refractivity contribution in [1.82, 2.24) is 5.32 Å². The van der Waals surface area contributed by atoms with Gasteiger partial charge in [0.15, 0.2) is 0 Å². The first kappa shape index (κ1) is 23.7. The zero-order valence-corrected chi connectivity index (χ0v) is 19.3. The molecule has 2 amide bonds. The van der Waals surface area contributed by atoms with Gasteiger partial charge in [-0.05, 0) is 64.0 Å². The van der Waals surface area contributed by atoms with E-state index >= 15 is 0 Å². The number of halogens is 1. The van der Waals surface area contributed by atoms with E-state index in [1.807, 2.05) is 36.4 Å². The molecule has 0 aliphatic carbocycles. The number of rotatable bonds is 7. The molecule has 0 heterocycles. The Balaban J connectivity index is 1.82. The average Bonchev–Trinajstić information content (AvgIpc) is 2.84. The molecule has 33 heavy (non-hydrogen) atoms. The fraction of sp³-hybridized carbons (Fsp3) is 0.0385. The fourth-order valence-corrected chi connectivity index (χ4v) is 3.30. The molecule has 0 aromatic heterocycles. The number of nitrogens with one attached hydrogen (secondary N) is 2. The summed E-state index contributed by atoms with van der Waals surface area (Å²) in [5.41, 5.74) is 2.22. The minimum absolute atomic E-state index is 0.0555. The van der Waals surface area contributed by atoms with E-state index in [2.05, 4.69) is 31.3 Å². The normalized spacial score (nSPS) is 11.2. The van der Waals surface area contributed by atoms with Crippen LogP contribution < -0.4 is 10.6 Å². The van der Waals surface area contributed by atoms with Crippen LogP contribution in [0, 0.1) is 0 Å². The molecule has 0 bridgehead atoms. The summed E-state index contributed by atoms with van der Waals surface area (Å²) in [6.07, 6.45) is 5.04. The van der Waals surface area contributed by atoms with E-state index in [0.29, 0.717) is 21.3 Å². The SMILES string of the molecule is COC(=O)c1ccc(NC(=O)/C(=C/C=C/c2ccccc2)NC(=O)c2ccccc2Br)cc1. The zero-order chi connectivity index (χ0) is 23.6. The Morgan fingerprint density at radius 3 is 2.21 bits per heavy atom. The molecule has 0 unspecified atom stereocenters. The first-order valence-electron chi connectivity index (χ1n) is 9.97. The standard InChI is InChI=1S/C26H21BrN2O4/c1-33-26(32)19-14-16-20(17-15-19)28-25(31)23(13-7-10-18-8-3-2-4-9-18)29-24(30)21-11-5-6-12-22(21)27/h2-17H,1H3,(H,28,31)(H,29,30)/b10-7+,23-13-. The summed E-state index contributed by atoms with van der Waals surface area (Å²) in [5, 5.41) is 5.40. The molecule has 0 atom stereocenters. The third kappa shape index (κ3) is 6.75. The Kier molecular flexibility index (Phi) is 8.32. The summed E-state index contributed by atoms with van der Waals surface area (Å²) in [7, 11) is 1.30. The van der Waals surface area contributed by atoms with Crippen LogP contribution in [-0.2, 0) is 9.53 Å². The molecule has 2 N–H and O–H groups in total. The molecule has 0 aliphatic heterocycles. The number of allylic oxidation sites excluding steroid dienone is 2. The maximum atomic E-state index is 13.0.